The summed E-state index contributed by atoms with van der Waals surface area (Å²) >= 11 is 0. The molecule has 176 valence electrons. The lowest BCUT2D eigenvalue weighted by molar-refractivity contribution is -0.386. The van der Waals surface area contributed by atoms with Crippen LogP contribution in [0.2, 0.25) is 0 Å². The molecule has 0 atom stereocenters. The van der Waals surface area contributed by atoms with Crippen LogP contribution in [0.3, 0.4) is 0 Å². The van der Waals surface area contributed by atoms with Crippen LogP contribution in [-0.2, 0) is 11.3 Å². The number of hydrogen-bond donors (Lipinski definition) is 1. The van der Waals surface area contributed by atoms with E-state index in [4.69, 9.17) is 9.47 Å². The van der Waals surface area contributed by atoms with E-state index < -0.39 is 16.8 Å². The molecule has 0 unspecified atom stereocenters. The molecule has 0 aliphatic rings. The third kappa shape index (κ3) is 5.44. The van der Waals surface area contributed by atoms with Crippen molar-refractivity contribution in [3.8, 4) is 11.5 Å². The Morgan fingerprint density at radius 3 is 2.44 bits per heavy atom. The maximum Gasteiger partial charge on any atom is 0.343 e. The predicted molar refractivity (Wildman–Crippen MR) is 123 cm³/mol. The van der Waals surface area contributed by atoms with Crippen LogP contribution in [0.5, 0.6) is 11.5 Å². The van der Waals surface area contributed by atoms with Crippen molar-refractivity contribution in [1.82, 2.24) is 15.2 Å². The smallest absolute Gasteiger partial charge is 0.343 e. The number of amides is 1. The molecule has 1 N–H and O–H groups in total. The normalized spacial score (nSPS) is 11.1. The number of esters is 1. The number of carbonyl (C=O) groups excluding carboxylic acids is 2. The van der Waals surface area contributed by atoms with Crippen LogP contribution in [0.25, 0.3) is 0 Å². The molecule has 0 aliphatic carbocycles. The van der Waals surface area contributed by atoms with Crippen LogP contribution < -0.4 is 14.9 Å². The van der Waals surface area contributed by atoms with Gasteiger partial charge in [-0.05, 0) is 57.2 Å². The minimum absolute atomic E-state index is 0.125. The van der Waals surface area contributed by atoms with E-state index in [1.807, 2.05) is 0 Å². The van der Waals surface area contributed by atoms with Crippen molar-refractivity contribution in [3.05, 3.63) is 81.2 Å². The lowest BCUT2D eigenvalue weighted by Gasteiger charge is -2.10. The van der Waals surface area contributed by atoms with Gasteiger partial charge >= 0.3 is 11.7 Å². The maximum absolute atomic E-state index is 12.5. The Kier molecular flexibility index (Phi) is 7.36. The Balaban J connectivity index is 1.71. The first-order valence-corrected chi connectivity index (χ1v) is 10.2. The molecule has 2 aromatic carbocycles. The number of rotatable bonds is 8. The van der Waals surface area contributed by atoms with Gasteiger partial charge in [-0.15, -0.1) is 0 Å². The molecule has 0 spiro atoms. The van der Waals surface area contributed by atoms with Gasteiger partial charge in [0.15, 0.2) is 0 Å². The second kappa shape index (κ2) is 10.4. The molecule has 0 aliphatic heterocycles. The van der Waals surface area contributed by atoms with Gasteiger partial charge in [-0.25, -0.2) is 10.2 Å². The zero-order valence-electron chi connectivity index (χ0n) is 19.1. The van der Waals surface area contributed by atoms with Crippen LogP contribution in [0.1, 0.15) is 34.2 Å². The summed E-state index contributed by atoms with van der Waals surface area (Å²) in [4.78, 5) is 35.5. The number of para-hydroxylation sites is 1. The fourth-order valence-corrected chi connectivity index (χ4v) is 3.22. The number of benzene rings is 2. The Morgan fingerprint density at radius 2 is 1.82 bits per heavy atom. The van der Waals surface area contributed by atoms with Gasteiger partial charge in [0.25, 0.3) is 5.91 Å². The summed E-state index contributed by atoms with van der Waals surface area (Å²) in [5, 5.41) is 19.3. The van der Waals surface area contributed by atoms with Crippen molar-refractivity contribution in [1.29, 1.82) is 0 Å². The average Bonchev–Trinajstić information content (AvgIpc) is 3.10. The highest BCUT2D eigenvalue weighted by Gasteiger charge is 2.22. The van der Waals surface area contributed by atoms with Crippen molar-refractivity contribution >= 4 is 23.3 Å². The maximum atomic E-state index is 12.5. The van der Waals surface area contributed by atoms with Gasteiger partial charge in [-0.2, -0.15) is 10.2 Å². The first-order valence-electron chi connectivity index (χ1n) is 10.2. The second-order valence-electron chi connectivity index (χ2n) is 7.28. The molecule has 3 aromatic rings. The number of aryl methyl sites for hydroxylation is 1. The zero-order valence-corrected chi connectivity index (χ0v) is 19.1. The van der Waals surface area contributed by atoms with Crippen molar-refractivity contribution < 1.29 is 24.0 Å². The lowest BCUT2D eigenvalue weighted by Crippen LogP contribution is -2.25. The summed E-state index contributed by atoms with van der Waals surface area (Å²) < 4.78 is 11.9. The highest BCUT2D eigenvalue weighted by molar-refractivity contribution is 6.02. The molecule has 0 saturated carbocycles. The summed E-state index contributed by atoms with van der Waals surface area (Å²) in [6.07, 6.45) is 0. The number of aromatic nitrogens is 2. The topological polar surface area (TPSA) is 138 Å². The van der Waals surface area contributed by atoms with Crippen LogP contribution in [0, 0.1) is 24.0 Å². The number of nitrogens with one attached hydrogen (secondary N) is 1. The van der Waals surface area contributed by atoms with Crippen LogP contribution >= 0.6 is 0 Å². The summed E-state index contributed by atoms with van der Waals surface area (Å²) in [5.41, 5.74) is 4.02. The van der Waals surface area contributed by atoms with Crippen LogP contribution in [0.15, 0.2) is 53.6 Å². The molecule has 0 bridgehead atoms. The van der Waals surface area contributed by atoms with Gasteiger partial charge in [0, 0.05) is 5.56 Å². The Labute approximate surface area is 195 Å². The molecule has 11 nitrogen and oxygen atoms in total. The van der Waals surface area contributed by atoms with Gasteiger partial charge in [-0.3, -0.25) is 19.6 Å². The standard InChI is InChI=1S/C23H23N5O6/c1-14(24-25-21(29)13-27-16(3)22(28(31)32)15(2)26-27)19-7-5-6-8-20(19)34-23(30)17-9-11-18(33-4)12-10-17/h5-12H,13H2,1-4H3,(H,25,29)/b24-14+. The third-order valence-corrected chi connectivity index (χ3v) is 4.97. The fourth-order valence-electron chi connectivity index (χ4n) is 3.22. The minimum atomic E-state index is -0.557. The van der Waals surface area contributed by atoms with Gasteiger partial charge in [0.1, 0.15) is 29.4 Å². The monoisotopic (exact) mass is 465 g/mol. The SMILES string of the molecule is COc1ccc(C(=O)Oc2ccccc2/C(C)=N/NC(=O)Cn2nc(C)c([N+](=O)[O-])c2C)cc1. The van der Waals surface area contributed by atoms with E-state index in [2.05, 4.69) is 15.6 Å². The number of methoxy groups -OCH3 is 1. The average molecular weight is 465 g/mol. The lowest BCUT2D eigenvalue weighted by atomic mass is 10.1. The van der Waals surface area contributed by atoms with E-state index in [1.165, 1.54) is 25.6 Å². The fraction of sp³-hybridized carbons (Fsp3) is 0.217. The molecule has 1 amide bonds. The van der Waals surface area contributed by atoms with E-state index in [9.17, 15) is 19.7 Å². The van der Waals surface area contributed by atoms with Crippen LogP contribution in [-0.4, -0.2) is 39.4 Å². The molecule has 0 saturated heterocycles. The summed E-state index contributed by atoms with van der Waals surface area (Å²) in [7, 11) is 1.53. The van der Waals surface area contributed by atoms with Gasteiger partial charge < -0.3 is 9.47 Å². The quantitative estimate of drug-likeness (QED) is 0.177. The number of nitrogens with zero attached hydrogens (tertiary/aromatic N) is 4. The van der Waals surface area contributed by atoms with Gasteiger partial charge in [-0.1, -0.05) is 12.1 Å². The Morgan fingerprint density at radius 1 is 1.15 bits per heavy atom. The summed E-state index contributed by atoms with van der Waals surface area (Å²) in [5.74, 6) is -0.190. The third-order valence-electron chi connectivity index (χ3n) is 4.97. The summed E-state index contributed by atoms with van der Waals surface area (Å²) in [6.45, 7) is 4.43. The zero-order chi connectivity index (χ0) is 24.8. The summed E-state index contributed by atoms with van der Waals surface area (Å²) in [6, 6.07) is 13.3. The van der Waals surface area contributed by atoms with Crippen LogP contribution in [0.4, 0.5) is 5.69 Å². The van der Waals surface area contributed by atoms with Crippen molar-refractivity contribution in [2.24, 2.45) is 5.10 Å². The molecular weight excluding hydrogens is 442 g/mol. The number of hydrogen-bond acceptors (Lipinski definition) is 8. The predicted octanol–water partition coefficient (Wildman–Crippen LogP) is 3.18. The van der Waals surface area contributed by atoms with E-state index >= 15 is 0 Å². The molecule has 34 heavy (non-hydrogen) atoms. The van der Waals surface area contributed by atoms with E-state index in [0.29, 0.717) is 22.6 Å². The number of hydrazone groups is 1. The number of ether oxygens (including phenoxy) is 2. The van der Waals surface area contributed by atoms with Crippen molar-refractivity contribution in [2.45, 2.75) is 27.3 Å². The molecule has 0 radical (unpaired) electrons. The van der Waals surface area contributed by atoms with Crippen molar-refractivity contribution in [2.75, 3.05) is 7.11 Å². The largest absolute Gasteiger partial charge is 0.497 e. The molecule has 0 fully saturated rings. The first-order chi connectivity index (χ1) is 16.2. The van der Waals surface area contributed by atoms with Gasteiger partial charge in [0.2, 0.25) is 0 Å². The number of nitro groups is 1. The van der Waals surface area contributed by atoms with E-state index in [0.717, 1.165) is 0 Å². The highest BCUT2D eigenvalue weighted by atomic mass is 16.6. The van der Waals surface area contributed by atoms with E-state index in [-0.39, 0.29) is 29.4 Å². The first kappa shape index (κ1) is 24.1. The Hall–Kier alpha value is -4.54. The Bertz CT molecular complexity index is 1260. The molecule has 1 aromatic heterocycles. The van der Waals surface area contributed by atoms with E-state index in [1.54, 1.807) is 55.5 Å². The molecule has 11 heteroatoms. The van der Waals surface area contributed by atoms with Crippen molar-refractivity contribution in [3.63, 3.8) is 0 Å². The minimum Gasteiger partial charge on any atom is -0.497 e. The van der Waals surface area contributed by atoms with Gasteiger partial charge in [0.05, 0.1) is 23.3 Å². The molecule has 3 rings (SSSR count). The molecule has 1 heterocycles. The highest BCUT2D eigenvalue weighted by Crippen LogP contribution is 2.22. The molecular formula is C23H23N5O6. The second-order valence-corrected chi connectivity index (χ2v) is 7.28. The number of carbonyl (C=O) groups is 2.